The molecule has 0 spiro atoms. The summed E-state index contributed by atoms with van der Waals surface area (Å²) in [6.45, 7) is 21.0. The zero-order chi connectivity index (χ0) is 22.1. The van der Waals surface area contributed by atoms with Crippen molar-refractivity contribution in [3.05, 3.63) is 85.6 Å². The van der Waals surface area contributed by atoms with Crippen LogP contribution in [0.1, 0.15) is 65.5 Å². The molecule has 0 fully saturated rings. The van der Waals surface area contributed by atoms with Crippen LogP contribution in [0.4, 0.5) is 0 Å². The molecule has 3 heteroatoms. The molecule has 0 heterocycles. The van der Waals surface area contributed by atoms with E-state index >= 15 is 0 Å². The van der Waals surface area contributed by atoms with Gasteiger partial charge >= 0.3 is 26.2 Å². The van der Waals surface area contributed by atoms with Crippen LogP contribution >= 0.6 is 0 Å². The van der Waals surface area contributed by atoms with Crippen molar-refractivity contribution >= 4 is 0 Å². The molecular formula is C26H42O2Zr. The summed E-state index contributed by atoms with van der Waals surface area (Å²) in [5.74, 6) is 0. The number of rotatable bonds is 4. The molecule has 29 heavy (non-hydrogen) atoms. The van der Waals surface area contributed by atoms with Gasteiger partial charge in [0.2, 0.25) is 0 Å². The van der Waals surface area contributed by atoms with Gasteiger partial charge in [0, 0.05) is 13.2 Å². The summed E-state index contributed by atoms with van der Waals surface area (Å²) in [7, 11) is 0. The average molecular weight is 478 g/mol. The molecule has 0 aliphatic heterocycles. The summed E-state index contributed by atoms with van der Waals surface area (Å²) in [5.41, 5.74) is 2.66. The van der Waals surface area contributed by atoms with E-state index in [1.165, 1.54) is 11.1 Å². The van der Waals surface area contributed by atoms with Crippen LogP contribution in [0.2, 0.25) is 0 Å². The molecular weight excluding hydrogens is 436 g/mol. The van der Waals surface area contributed by atoms with E-state index in [0.29, 0.717) is 13.2 Å². The van der Waals surface area contributed by atoms with Crippen molar-refractivity contribution in [2.24, 2.45) is 0 Å². The van der Waals surface area contributed by atoms with Gasteiger partial charge in [-0.05, 0) is 12.8 Å². The molecule has 0 unspecified atom stereocenters. The SMILES string of the molecule is CCCO.CCCO.[CH2-]C(C)(C)c1ccccc1.[CH2-]C(C)(C)c1ccccc1.[Zr+2]. The van der Waals surface area contributed by atoms with Crippen LogP contribution in [-0.4, -0.2) is 23.4 Å². The minimum absolute atomic E-state index is 0. The summed E-state index contributed by atoms with van der Waals surface area (Å²) in [6, 6.07) is 20.6. The van der Waals surface area contributed by atoms with Gasteiger partial charge in [-0.3, -0.25) is 0 Å². The van der Waals surface area contributed by atoms with E-state index in [-0.39, 0.29) is 37.0 Å². The van der Waals surface area contributed by atoms with E-state index in [0.717, 1.165) is 12.8 Å². The Hall–Kier alpha value is -0.757. The Labute approximate surface area is 199 Å². The van der Waals surface area contributed by atoms with Crippen molar-refractivity contribution < 1.29 is 36.4 Å². The third-order valence-corrected chi connectivity index (χ3v) is 3.56. The third kappa shape index (κ3) is 20.3. The Morgan fingerprint density at radius 3 is 0.931 bits per heavy atom. The topological polar surface area (TPSA) is 40.5 Å². The molecule has 0 aromatic heterocycles. The summed E-state index contributed by atoms with van der Waals surface area (Å²) in [6.07, 6.45) is 1.75. The number of hydrogen-bond donors (Lipinski definition) is 2. The molecule has 0 saturated heterocycles. The minimum atomic E-state index is 0. The molecule has 162 valence electrons. The van der Waals surface area contributed by atoms with E-state index in [1.807, 2.05) is 50.2 Å². The van der Waals surface area contributed by atoms with E-state index in [4.69, 9.17) is 10.2 Å². The first-order valence-electron chi connectivity index (χ1n) is 10.1. The normalized spacial score (nSPS) is 10.0. The first-order valence-corrected chi connectivity index (χ1v) is 10.1. The first-order chi connectivity index (χ1) is 13.0. The predicted molar refractivity (Wildman–Crippen MR) is 124 cm³/mol. The second-order valence-corrected chi connectivity index (χ2v) is 7.95. The zero-order valence-corrected chi connectivity index (χ0v) is 21.9. The molecule has 0 bridgehead atoms. The summed E-state index contributed by atoms with van der Waals surface area (Å²) in [4.78, 5) is 0. The van der Waals surface area contributed by atoms with Crippen molar-refractivity contribution in [2.45, 2.75) is 65.2 Å². The van der Waals surface area contributed by atoms with E-state index in [1.54, 1.807) is 0 Å². The van der Waals surface area contributed by atoms with Gasteiger partial charge in [0.1, 0.15) is 0 Å². The van der Waals surface area contributed by atoms with Crippen molar-refractivity contribution in [3.8, 4) is 0 Å². The maximum atomic E-state index is 7.88. The van der Waals surface area contributed by atoms with Crippen LogP contribution in [0.5, 0.6) is 0 Å². The Bertz CT molecular complexity index is 497. The van der Waals surface area contributed by atoms with Crippen LogP contribution in [0.15, 0.2) is 60.7 Å². The summed E-state index contributed by atoms with van der Waals surface area (Å²) < 4.78 is 0. The zero-order valence-electron chi connectivity index (χ0n) is 19.4. The first kappa shape index (κ1) is 32.9. The second kappa shape index (κ2) is 19.2. The van der Waals surface area contributed by atoms with Crippen molar-refractivity contribution in [1.82, 2.24) is 0 Å². The molecule has 2 nitrogen and oxygen atoms in total. The van der Waals surface area contributed by atoms with Gasteiger partial charge in [-0.25, -0.2) is 0 Å². The van der Waals surface area contributed by atoms with Crippen LogP contribution in [-0.2, 0) is 37.0 Å². The van der Waals surface area contributed by atoms with Gasteiger partial charge in [-0.1, -0.05) is 113 Å². The van der Waals surface area contributed by atoms with E-state index in [9.17, 15) is 0 Å². The Balaban J connectivity index is -0.000000336. The summed E-state index contributed by atoms with van der Waals surface area (Å²) >= 11 is 0. The molecule has 0 aliphatic carbocycles. The molecule has 0 atom stereocenters. The van der Waals surface area contributed by atoms with Crippen LogP contribution in [0.3, 0.4) is 0 Å². The van der Waals surface area contributed by atoms with Gasteiger partial charge in [0.15, 0.2) is 0 Å². The van der Waals surface area contributed by atoms with Gasteiger partial charge in [0.05, 0.1) is 0 Å². The average Bonchev–Trinajstić information content (AvgIpc) is 2.69. The van der Waals surface area contributed by atoms with Gasteiger partial charge < -0.3 is 24.1 Å². The fraction of sp³-hybridized carbons (Fsp3) is 0.462. The molecule has 0 radical (unpaired) electrons. The van der Waals surface area contributed by atoms with Crippen LogP contribution in [0.25, 0.3) is 0 Å². The van der Waals surface area contributed by atoms with Gasteiger partial charge in [0.25, 0.3) is 0 Å². The van der Waals surface area contributed by atoms with Crippen LogP contribution < -0.4 is 0 Å². The fourth-order valence-electron chi connectivity index (χ4n) is 1.78. The van der Waals surface area contributed by atoms with Crippen LogP contribution in [0, 0.1) is 13.8 Å². The van der Waals surface area contributed by atoms with Gasteiger partial charge in [-0.2, -0.15) is 0 Å². The number of benzene rings is 2. The Kier molecular flexibility index (Phi) is 21.8. The molecule has 0 saturated carbocycles. The molecule has 2 aromatic carbocycles. The molecule has 2 N–H and O–H groups in total. The monoisotopic (exact) mass is 476 g/mol. The fourth-order valence-corrected chi connectivity index (χ4v) is 1.78. The maximum Gasteiger partial charge on any atom is 2.00 e. The van der Waals surface area contributed by atoms with Crippen molar-refractivity contribution in [2.75, 3.05) is 13.2 Å². The largest absolute Gasteiger partial charge is 2.00 e. The molecule has 0 amide bonds. The van der Waals surface area contributed by atoms with Crippen molar-refractivity contribution in [3.63, 3.8) is 0 Å². The quantitative estimate of drug-likeness (QED) is 0.502. The van der Waals surface area contributed by atoms with Gasteiger partial charge in [-0.15, -0.1) is 10.8 Å². The van der Waals surface area contributed by atoms with E-state index < -0.39 is 0 Å². The van der Waals surface area contributed by atoms with E-state index in [2.05, 4.69) is 65.8 Å². The number of aliphatic hydroxyl groups excluding tert-OH is 2. The smallest absolute Gasteiger partial charge is 0.396 e. The second-order valence-electron chi connectivity index (χ2n) is 7.95. The van der Waals surface area contributed by atoms with Crippen molar-refractivity contribution in [1.29, 1.82) is 0 Å². The maximum absolute atomic E-state index is 7.88. The minimum Gasteiger partial charge on any atom is -0.396 e. The number of hydrogen-bond acceptors (Lipinski definition) is 2. The third-order valence-electron chi connectivity index (χ3n) is 3.56. The Morgan fingerprint density at radius 2 is 0.828 bits per heavy atom. The molecule has 2 rings (SSSR count). The Morgan fingerprint density at radius 1 is 0.621 bits per heavy atom. The molecule has 2 aromatic rings. The predicted octanol–water partition coefficient (Wildman–Crippen LogP) is 6.37. The number of aliphatic hydroxyl groups is 2. The molecule has 0 aliphatic rings. The standard InChI is InChI=1S/2C10H13.2C3H8O.Zr/c2*1-10(2,3)9-7-5-4-6-8-9;2*1-2-3-4;/h2*4-8H,1H2,2-3H3;2*4H,2-3H2,1H3;/q2*-1;;;+2. The summed E-state index contributed by atoms with van der Waals surface area (Å²) in [5, 5.41) is 15.8.